The molecule has 0 bridgehead atoms. The maximum atomic E-state index is 11.5. The van der Waals surface area contributed by atoms with E-state index < -0.39 is 11.4 Å². The predicted octanol–water partition coefficient (Wildman–Crippen LogP) is 3.63. The fraction of sp³-hybridized carbons (Fsp3) is 0.562. The van der Waals surface area contributed by atoms with Crippen molar-refractivity contribution in [2.24, 2.45) is 5.41 Å². The van der Waals surface area contributed by atoms with Crippen LogP contribution in [0.25, 0.3) is 0 Å². The van der Waals surface area contributed by atoms with Crippen molar-refractivity contribution in [1.29, 1.82) is 0 Å². The Balaban J connectivity index is 2.93. The van der Waals surface area contributed by atoms with Gasteiger partial charge in [0.05, 0.1) is 5.41 Å². The number of carbonyl (C=O) groups is 1. The lowest BCUT2D eigenvalue weighted by Gasteiger charge is -2.31. The SMILES string of the molecule is CCCC(C)(CN(C)c1cc(C)cc(C)c1)C(=O)O. The molecule has 0 fully saturated rings. The maximum Gasteiger partial charge on any atom is 0.311 e. The van der Waals surface area contributed by atoms with Crippen molar-refractivity contribution in [3.63, 3.8) is 0 Å². The molecule has 0 aliphatic rings. The van der Waals surface area contributed by atoms with Crippen molar-refractivity contribution >= 4 is 11.7 Å². The van der Waals surface area contributed by atoms with Gasteiger partial charge in [0.15, 0.2) is 0 Å². The van der Waals surface area contributed by atoms with Gasteiger partial charge in [0.1, 0.15) is 0 Å². The number of hydrogen-bond acceptors (Lipinski definition) is 2. The number of aryl methyl sites for hydroxylation is 2. The number of hydrogen-bond donors (Lipinski definition) is 1. The van der Waals surface area contributed by atoms with Gasteiger partial charge in [-0.1, -0.05) is 19.4 Å². The van der Waals surface area contributed by atoms with Crippen molar-refractivity contribution < 1.29 is 9.90 Å². The lowest BCUT2D eigenvalue weighted by atomic mass is 9.85. The van der Waals surface area contributed by atoms with Crippen LogP contribution in [0.5, 0.6) is 0 Å². The van der Waals surface area contributed by atoms with Crippen LogP contribution in [-0.2, 0) is 4.79 Å². The molecule has 1 aromatic rings. The van der Waals surface area contributed by atoms with Crippen LogP contribution in [0, 0.1) is 19.3 Å². The zero-order chi connectivity index (χ0) is 14.6. The van der Waals surface area contributed by atoms with Crippen molar-refractivity contribution in [3.05, 3.63) is 29.3 Å². The van der Waals surface area contributed by atoms with Gasteiger partial charge in [-0.15, -0.1) is 0 Å². The van der Waals surface area contributed by atoms with Gasteiger partial charge in [0, 0.05) is 19.3 Å². The summed E-state index contributed by atoms with van der Waals surface area (Å²) in [4.78, 5) is 13.5. The molecule has 1 aromatic carbocycles. The molecule has 3 heteroatoms. The van der Waals surface area contributed by atoms with Gasteiger partial charge in [-0.25, -0.2) is 0 Å². The van der Waals surface area contributed by atoms with Crippen molar-refractivity contribution in [2.45, 2.75) is 40.5 Å². The monoisotopic (exact) mass is 263 g/mol. The number of carboxylic acids is 1. The first kappa shape index (κ1) is 15.5. The molecule has 3 nitrogen and oxygen atoms in total. The molecule has 19 heavy (non-hydrogen) atoms. The Morgan fingerprint density at radius 1 is 1.26 bits per heavy atom. The molecule has 106 valence electrons. The molecule has 0 spiro atoms. The molecular weight excluding hydrogens is 238 g/mol. The molecule has 1 rings (SSSR count). The summed E-state index contributed by atoms with van der Waals surface area (Å²) in [6, 6.07) is 6.32. The third kappa shape index (κ3) is 3.98. The fourth-order valence-electron chi connectivity index (χ4n) is 2.59. The number of nitrogens with zero attached hydrogens (tertiary/aromatic N) is 1. The largest absolute Gasteiger partial charge is 0.481 e. The Hall–Kier alpha value is -1.51. The summed E-state index contributed by atoms with van der Waals surface area (Å²) in [5.74, 6) is -0.717. The summed E-state index contributed by atoms with van der Waals surface area (Å²) in [7, 11) is 1.96. The normalized spacial score (nSPS) is 13.9. The average Bonchev–Trinajstić information content (AvgIpc) is 2.27. The zero-order valence-electron chi connectivity index (χ0n) is 12.7. The topological polar surface area (TPSA) is 40.5 Å². The fourth-order valence-corrected chi connectivity index (χ4v) is 2.59. The van der Waals surface area contributed by atoms with E-state index in [1.165, 1.54) is 11.1 Å². The van der Waals surface area contributed by atoms with Crippen LogP contribution < -0.4 is 4.90 Å². The summed E-state index contributed by atoms with van der Waals surface area (Å²) >= 11 is 0. The number of carboxylic acid groups (broad SMARTS) is 1. The molecule has 0 radical (unpaired) electrons. The van der Waals surface area contributed by atoms with Crippen LogP contribution in [0.15, 0.2) is 18.2 Å². The molecule has 0 saturated heterocycles. The van der Waals surface area contributed by atoms with E-state index in [0.717, 1.165) is 12.1 Å². The first-order valence-electron chi connectivity index (χ1n) is 6.81. The van der Waals surface area contributed by atoms with E-state index in [0.29, 0.717) is 13.0 Å². The first-order chi connectivity index (χ1) is 8.78. The Morgan fingerprint density at radius 3 is 2.21 bits per heavy atom. The second kappa shape index (κ2) is 6.09. The van der Waals surface area contributed by atoms with E-state index in [-0.39, 0.29) is 0 Å². The maximum absolute atomic E-state index is 11.5. The summed E-state index contributed by atoms with van der Waals surface area (Å²) in [5, 5.41) is 9.44. The van der Waals surface area contributed by atoms with E-state index in [1.807, 2.05) is 25.8 Å². The molecule has 0 saturated carbocycles. The highest BCUT2D eigenvalue weighted by Crippen LogP contribution is 2.27. The Morgan fingerprint density at radius 2 is 1.79 bits per heavy atom. The molecule has 0 heterocycles. The van der Waals surface area contributed by atoms with Crippen LogP contribution >= 0.6 is 0 Å². The van der Waals surface area contributed by atoms with Gasteiger partial charge in [0.2, 0.25) is 0 Å². The van der Waals surface area contributed by atoms with E-state index >= 15 is 0 Å². The molecule has 0 aliphatic carbocycles. The third-order valence-corrected chi connectivity index (χ3v) is 3.55. The summed E-state index contributed by atoms with van der Waals surface area (Å²) in [6.45, 7) is 8.51. The van der Waals surface area contributed by atoms with Gasteiger partial charge in [-0.3, -0.25) is 4.79 Å². The molecular formula is C16H25NO2. The van der Waals surface area contributed by atoms with Crippen LogP contribution in [0.1, 0.15) is 37.8 Å². The van der Waals surface area contributed by atoms with E-state index in [9.17, 15) is 9.90 Å². The number of rotatable bonds is 6. The minimum absolute atomic E-state index is 0.527. The molecule has 0 aliphatic heterocycles. The van der Waals surface area contributed by atoms with Crippen molar-refractivity contribution in [3.8, 4) is 0 Å². The van der Waals surface area contributed by atoms with Crippen LogP contribution in [0.2, 0.25) is 0 Å². The third-order valence-electron chi connectivity index (χ3n) is 3.55. The molecule has 0 amide bonds. The lowest BCUT2D eigenvalue weighted by molar-refractivity contribution is -0.147. The zero-order valence-corrected chi connectivity index (χ0v) is 12.7. The van der Waals surface area contributed by atoms with Gasteiger partial charge in [-0.05, 0) is 50.5 Å². The summed E-state index contributed by atoms with van der Waals surface area (Å²) < 4.78 is 0. The van der Waals surface area contributed by atoms with Gasteiger partial charge < -0.3 is 10.0 Å². The van der Waals surface area contributed by atoms with Crippen molar-refractivity contribution in [1.82, 2.24) is 0 Å². The Kier molecular flexibility index (Phi) is 4.98. The lowest BCUT2D eigenvalue weighted by Crippen LogP contribution is -2.39. The molecule has 0 aromatic heterocycles. The van der Waals surface area contributed by atoms with Gasteiger partial charge in [0.25, 0.3) is 0 Å². The van der Waals surface area contributed by atoms with Crippen LogP contribution in [-0.4, -0.2) is 24.7 Å². The van der Waals surface area contributed by atoms with E-state index in [1.54, 1.807) is 0 Å². The minimum Gasteiger partial charge on any atom is -0.481 e. The second-order valence-electron chi connectivity index (χ2n) is 5.82. The molecule has 1 N–H and O–H groups in total. The van der Waals surface area contributed by atoms with E-state index in [2.05, 4.69) is 32.0 Å². The summed E-state index contributed by atoms with van der Waals surface area (Å²) in [5.41, 5.74) is 2.80. The second-order valence-corrected chi connectivity index (χ2v) is 5.82. The smallest absolute Gasteiger partial charge is 0.311 e. The number of anilines is 1. The van der Waals surface area contributed by atoms with Crippen LogP contribution in [0.4, 0.5) is 5.69 Å². The standard InChI is InChI=1S/C16H25NO2/c1-6-7-16(4,15(18)19)11-17(5)14-9-12(2)8-13(3)10-14/h8-10H,6-7,11H2,1-5H3,(H,18,19). The average molecular weight is 263 g/mol. The summed E-state index contributed by atoms with van der Waals surface area (Å²) in [6.07, 6.45) is 1.57. The van der Waals surface area contributed by atoms with Crippen molar-refractivity contribution in [2.75, 3.05) is 18.5 Å². The molecule has 1 unspecified atom stereocenters. The Labute approximate surface area is 116 Å². The predicted molar refractivity (Wildman–Crippen MR) is 79.8 cm³/mol. The van der Waals surface area contributed by atoms with E-state index in [4.69, 9.17) is 0 Å². The number of aliphatic carboxylic acids is 1. The highest BCUT2D eigenvalue weighted by molar-refractivity contribution is 5.75. The Bertz CT molecular complexity index is 436. The number of benzene rings is 1. The van der Waals surface area contributed by atoms with Crippen LogP contribution in [0.3, 0.4) is 0 Å². The first-order valence-corrected chi connectivity index (χ1v) is 6.81. The highest BCUT2D eigenvalue weighted by Gasteiger charge is 2.33. The minimum atomic E-state index is -0.717. The molecule has 1 atom stereocenters. The quantitative estimate of drug-likeness (QED) is 0.852. The van der Waals surface area contributed by atoms with Gasteiger partial charge >= 0.3 is 5.97 Å². The highest BCUT2D eigenvalue weighted by atomic mass is 16.4. The van der Waals surface area contributed by atoms with Gasteiger partial charge in [-0.2, -0.15) is 0 Å².